The Morgan fingerprint density at radius 1 is 1.00 bits per heavy atom. The van der Waals surface area contributed by atoms with Crippen molar-refractivity contribution in [1.29, 1.82) is 0 Å². The topological polar surface area (TPSA) is 47.6 Å². The average Bonchev–Trinajstić information content (AvgIpc) is 2.67. The molecule has 0 unspecified atom stereocenters. The lowest BCUT2D eigenvalue weighted by Crippen LogP contribution is -2.33. The molecule has 0 radical (unpaired) electrons. The zero-order valence-corrected chi connectivity index (χ0v) is 13.7. The number of ether oxygens (including phenoxy) is 2. The van der Waals surface area contributed by atoms with Crippen LogP contribution in [0.5, 0.6) is 5.75 Å². The van der Waals surface area contributed by atoms with Crippen LogP contribution in [0.1, 0.15) is 24.0 Å². The highest BCUT2D eigenvalue weighted by Gasteiger charge is 2.20. The zero-order chi connectivity index (χ0) is 16.6. The van der Waals surface area contributed by atoms with E-state index in [1.165, 1.54) is 0 Å². The summed E-state index contributed by atoms with van der Waals surface area (Å²) < 4.78 is 11.1. The maximum atomic E-state index is 12.1. The van der Waals surface area contributed by atoms with Gasteiger partial charge in [0.05, 0.1) is 0 Å². The molecule has 2 aromatic carbocycles. The third-order valence-electron chi connectivity index (χ3n) is 4.23. The molecule has 1 heterocycles. The highest BCUT2D eigenvalue weighted by Crippen LogP contribution is 2.16. The molecule has 0 aliphatic carbocycles. The van der Waals surface area contributed by atoms with Crippen LogP contribution in [0.4, 0.5) is 0 Å². The first-order valence-corrected chi connectivity index (χ1v) is 8.42. The summed E-state index contributed by atoms with van der Waals surface area (Å²) in [5.74, 6) is 1.05. The van der Waals surface area contributed by atoms with Gasteiger partial charge < -0.3 is 14.8 Å². The van der Waals surface area contributed by atoms with Crippen molar-refractivity contribution in [3.63, 3.8) is 0 Å². The molecule has 3 rings (SSSR count). The van der Waals surface area contributed by atoms with Gasteiger partial charge in [0.25, 0.3) is 0 Å². The molecular weight excluding hydrogens is 302 g/mol. The van der Waals surface area contributed by atoms with Gasteiger partial charge in [0, 0.05) is 25.7 Å². The van der Waals surface area contributed by atoms with Crippen LogP contribution in [0.3, 0.4) is 0 Å². The van der Waals surface area contributed by atoms with Crippen LogP contribution in [-0.2, 0) is 22.7 Å². The smallest absolute Gasteiger partial charge is 0.223 e. The number of rotatable bonds is 6. The van der Waals surface area contributed by atoms with Crippen LogP contribution in [-0.4, -0.2) is 19.1 Å². The van der Waals surface area contributed by atoms with E-state index >= 15 is 0 Å². The number of hydrogen-bond acceptors (Lipinski definition) is 3. The maximum absolute atomic E-state index is 12.1. The van der Waals surface area contributed by atoms with Crippen LogP contribution in [0, 0.1) is 5.92 Å². The van der Waals surface area contributed by atoms with Crippen LogP contribution < -0.4 is 10.1 Å². The highest BCUT2D eigenvalue weighted by atomic mass is 16.5. The summed E-state index contributed by atoms with van der Waals surface area (Å²) in [5.41, 5.74) is 2.22. The summed E-state index contributed by atoms with van der Waals surface area (Å²) in [6, 6.07) is 18.0. The molecule has 1 amide bonds. The molecule has 1 saturated heterocycles. The fourth-order valence-electron chi connectivity index (χ4n) is 2.74. The largest absolute Gasteiger partial charge is 0.489 e. The monoisotopic (exact) mass is 325 g/mol. The van der Waals surface area contributed by atoms with E-state index in [2.05, 4.69) is 5.32 Å². The standard InChI is InChI=1S/C20H23NO3/c22-20(18-10-12-23-13-11-18)21-14-16-6-8-19(9-7-16)24-15-17-4-2-1-3-5-17/h1-9,18H,10-15H2,(H,21,22). The second-order valence-corrected chi connectivity index (χ2v) is 6.02. The number of carbonyl (C=O) groups excluding carboxylic acids is 1. The summed E-state index contributed by atoms with van der Waals surface area (Å²) in [7, 11) is 0. The Hall–Kier alpha value is -2.33. The second-order valence-electron chi connectivity index (χ2n) is 6.02. The molecule has 126 valence electrons. The molecule has 1 aliphatic heterocycles. The summed E-state index contributed by atoms with van der Waals surface area (Å²) in [5, 5.41) is 3.01. The lowest BCUT2D eigenvalue weighted by atomic mass is 9.99. The second kappa shape index (κ2) is 8.50. The summed E-state index contributed by atoms with van der Waals surface area (Å²) in [6.45, 7) is 2.48. The van der Waals surface area contributed by atoms with Gasteiger partial charge in [-0.15, -0.1) is 0 Å². The molecule has 0 atom stereocenters. The molecule has 0 aromatic heterocycles. The van der Waals surface area contributed by atoms with E-state index in [1.54, 1.807) is 0 Å². The van der Waals surface area contributed by atoms with Gasteiger partial charge in [-0.1, -0.05) is 42.5 Å². The van der Waals surface area contributed by atoms with E-state index in [0.29, 0.717) is 26.4 Å². The van der Waals surface area contributed by atoms with Gasteiger partial charge in [0.15, 0.2) is 0 Å². The van der Waals surface area contributed by atoms with Gasteiger partial charge in [-0.3, -0.25) is 4.79 Å². The number of carbonyl (C=O) groups is 1. The molecule has 1 aliphatic rings. The normalized spacial score (nSPS) is 15.0. The molecular formula is C20H23NO3. The van der Waals surface area contributed by atoms with Gasteiger partial charge in [-0.2, -0.15) is 0 Å². The van der Waals surface area contributed by atoms with E-state index in [0.717, 1.165) is 29.7 Å². The molecule has 1 fully saturated rings. The van der Waals surface area contributed by atoms with Crippen molar-refractivity contribution in [2.24, 2.45) is 5.92 Å². The lowest BCUT2D eigenvalue weighted by molar-refractivity contribution is -0.128. The van der Waals surface area contributed by atoms with Crippen molar-refractivity contribution >= 4 is 5.91 Å². The molecule has 2 aromatic rings. The first kappa shape index (κ1) is 16.5. The number of amides is 1. The first-order valence-electron chi connectivity index (χ1n) is 8.42. The lowest BCUT2D eigenvalue weighted by Gasteiger charge is -2.21. The Morgan fingerprint density at radius 3 is 2.42 bits per heavy atom. The number of hydrogen-bond donors (Lipinski definition) is 1. The molecule has 24 heavy (non-hydrogen) atoms. The molecule has 4 nitrogen and oxygen atoms in total. The quantitative estimate of drug-likeness (QED) is 0.886. The highest BCUT2D eigenvalue weighted by molar-refractivity contribution is 5.78. The van der Waals surface area contributed by atoms with Crippen molar-refractivity contribution in [2.75, 3.05) is 13.2 Å². The summed E-state index contributed by atoms with van der Waals surface area (Å²) in [6.07, 6.45) is 1.64. The van der Waals surface area contributed by atoms with E-state index in [-0.39, 0.29) is 11.8 Å². The van der Waals surface area contributed by atoms with Gasteiger partial charge >= 0.3 is 0 Å². The molecule has 0 spiro atoms. The Morgan fingerprint density at radius 2 is 1.71 bits per heavy atom. The minimum atomic E-state index is 0.0900. The van der Waals surface area contributed by atoms with E-state index in [9.17, 15) is 4.79 Å². The molecule has 4 heteroatoms. The fraction of sp³-hybridized carbons (Fsp3) is 0.350. The first-order chi connectivity index (χ1) is 11.8. The van der Waals surface area contributed by atoms with Gasteiger partial charge in [0.1, 0.15) is 12.4 Å². The van der Waals surface area contributed by atoms with Crippen molar-refractivity contribution in [2.45, 2.75) is 26.0 Å². The summed E-state index contributed by atoms with van der Waals surface area (Å²) in [4.78, 5) is 12.1. The van der Waals surface area contributed by atoms with Crippen molar-refractivity contribution in [3.8, 4) is 5.75 Å². The van der Waals surface area contributed by atoms with Crippen molar-refractivity contribution < 1.29 is 14.3 Å². The Bertz CT molecular complexity index is 634. The van der Waals surface area contributed by atoms with Crippen LogP contribution in [0.2, 0.25) is 0 Å². The average molecular weight is 325 g/mol. The molecule has 0 bridgehead atoms. The fourth-order valence-corrected chi connectivity index (χ4v) is 2.74. The number of benzene rings is 2. The third-order valence-corrected chi connectivity index (χ3v) is 4.23. The Kier molecular flexibility index (Phi) is 5.85. The van der Waals surface area contributed by atoms with E-state index < -0.39 is 0 Å². The zero-order valence-electron chi connectivity index (χ0n) is 13.7. The van der Waals surface area contributed by atoms with Crippen LogP contribution >= 0.6 is 0 Å². The van der Waals surface area contributed by atoms with Crippen LogP contribution in [0.15, 0.2) is 54.6 Å². The summed E-state index contributed by atoms with van der Waals surface area (Å²) >= 11 is 0. The van der Waals surface area contributed by atoms with Gasteiger partial charge in [-0.05, 0) is 36.1 Å². The maximum Gasteiger partial charge on any atom is 0.223 e. The minimum Gasteiger partial charge on any atom is -0.489 e. The number of nitrogens with one attached hydrogen (secondary N) is 1. The van der Waals surface area contributed by atoms with E-state index in [1.807, 2.05) is 54.6 Å². The predicted molar refractivity (Wildman–Crippen MR) is 92.6 cm³/mol. The molecule has 0 saturated carbocycles. The van der Waals surface area contributed by atoms with Crippen molar-refractivity contribution in [3.05, 3.63) is 65.7 Å². The van der Waals surface area contributed by atoms with E-state index in [4.69, 9.17) is 9.47 Å². The Balaban J connectivity index is 1.45. The molecule has 1 N–H and O–H groups in total. The Labute approximate surface area is 142 Å². The van der Waals surface area contributed by atoms with Gasteiger partial charge in [0.2, 0.25) is 5.91 Å². The third kappa shape index (κ3) is 4.83. The van der Waals surface area contributed by atoms with Gasteiger partial charge in [-0.25, -0.2) is 0 Å². The van der Waals surface area contributed by atoms with Crippen molar-refractivity contribution in [1.82, 2.24) is 5.32 Å². The SMILES string of the molecule is O=C(NCc1ccc(OCc2ccccc2)cc1)C1CCOCC1. The minimum absolute atomic E-state index is 0.0900. The van der Waals surface area contributed by atoms with Crippen LogP contribution in [0.25, 0.3) is 0 Å². The predicted octanol–water partition coefficient (Wildman–Crippen LogP) is 3.31.